The molecule has 1 aromatic heterocycles. The molecule has 0 saturated heterocycles. The van der Waals surface area contributed by atoms with E-state index in [1.54, 1.807) is 0 Å². The van der Waals surface area contributed by atoms with Crippen LogP contribution in [0.15, 0.2) is 0 Å². The number of hydrogen-bond donors (Lipinski definition) is 0. The van der Waals surface area contributed by atoms with Gasteiger partial charge in [0.05, 0.1) is 13.0 Å². The molecule has 0 bridgehead atoms. The molecule has 14 heavy (non-hydrogen) atoms. The normalized spacial score (nSPS) is 20.3. The van der Waals surface area contributed by atoms with Crippen LogP contribution in [0, 0.1) is 12.8 Å². The summed E-state index contributed by atoms with van der Waals surface area (Å²) in [4.78, 5) is 11.3. The van der Waals surface area contributed by atoms with E-state index in [9.17, 15) is 4.79 Å². The number of aryl methyl sites for hydroxylation is 1. The molecule has 0 amide bonds. The third kappa shape index (κ3) is 1.38. The highest BCUT2D eigenvalue weighted by molar-refractivity contribution is 5.72. The van der Waals surface area contributed by atoms with Crippen molar-refractivity contribution < 1.29 is 9.53 Å². The lowest BCUT2D eigenvalue weighted by molar-refractivity contribution is -0.146. The Kier molecular flexibility index (Phi) is 2.23. The molecule has 5 nitrogen and oxygen atoms in total. The number of hydrogen-bond acceptors (Lipinski definition) is 4. The van der Waals surface area contributed by atoms with Crippen LogP contribution >= 0.6 is 0 Å². The van der Waals surface area contributed by atoms with Crippen LogP contribution in [-0.4, -0.2) is 27.8 Å². The van der Waals surface area contributed by atoms with Gasteiger partial charge in [-0.1, -0.05) is 0 Å². The molecule has 0 fully saturated rings. The topological polar surface area (TPSA) is 57.0 Å². The van der Waals surface area contributed by atoms with Gasteiger partial charge in [0.15, 0.2) is 0 Å². The molecular weight excluding hydrogens is 182 g/mol. The molecule has 0 saturated carbocycles. The summed E-state index contributed by atoms with van der Waals surface area (Å²) in [6.45, 7) is 2.74. The van der Waals surface area contributed by atoms with E-state index < -0.39 is 0 Å². The second-order valence-electron chi connectivity index (χ2n) is 3.53. The summed E-state index contributed by atoms with van der Waals surface area (Å²) < 4.78 is 6.77. The van der Waals surface area contributed by atoms with Crippen LogP contribution in [0.4, 0.5) is 0 Å². The minimum atomic E-state index is -0.142. The van der Waals surface area contributed by atoms with E-state index >= 15 is 0 Å². The molecule has 1 atom stereocenters. The van der Waals surface area contributed by atoms with Gasteiger partial charge in [0, 0.05) is 13.0 Å². The van der Waals surface area contributed by atoms with E-state index in [1.165, 1.54) is 7.11 Å². The van der Waals surface area contributed by atoms with Gasteiger partial charge in [-0.05, 0) is 13.3 Å². The predicted octanol–water partition coefficient (Wildman–Crippen LogP) is 0.322. The van der Waals surface area contributed by atoms with Gasteiger partial charge in [-0.15, -0.1) is 10.2 Å². The van der Waals surface area contributed by atoms with Crippen LogP contribution in [-0.2, 0) is 22.5 Å². The monoisotopic (exact) mass is 195 g/mol. The highest BCUT2D eigenvalue weighted by atomic mass is 16.5. The van der Waals surface area contributed by atoms with Gasteiger partial charge in [-0.25, -0.2) is 0 Å². The van der Waals surface area contributed by atoms with Crippen molar-refractivity contribution in [3.8, 4) is 0 Å². The fraction of sp³-hybridized carbons (Fsp3) is 0.667. The zero-order valence-corrected chi connectivity index (χ0v) is 8.36. The van der Waals surface area contributed by atoms with Crippen molar-refractivity contribution in [1.29, 1.82) is 0 Å². The summed E-state index contributed by atoms with van der Waals surface area (Å²) in [5.41, 5.74) is 0. The van der Waals surface area contributed by atoms with E-state index in [2.05, 4.69) is 14.8 Å². The summed E-state index contributed by atoms with van der Waals surface area (Å²) in [5.74, 6) is 1.63. The van der Waals surface area contributed by atoms with E-state index in [4.69, 9.17) is 4.74 Å². The lowest BCUT2D eigenvalue weighted by atomic mass is 9.98. The fourth-order valence-corrected chi connectivity index (χ4v) is 1.84. The van der Waals surface area contributed by atoms with Gasteiger partial charge in [-0.3, -0.25) is 4.79 Å². The molecule has 0 aromatic carbocycles. The Morgan fingerprint density at radius 1 is 1.57 bits per heavy atom. The quantitative estimate of drug-likeness (QED) is 0.606. The first-order valence-corrected chi connectivity index (χ1v) is 4.69. The highest BCUT2D eigenvalue weighted by Crippen LogP contribution is 2.20. The molecule has 0 N–H and O–H groups in total. The Bertz CT molecular complexity index is 359. The number of ether oxygens (including phenoxy) is 1. The summed E-state index contributed by atoms with van der Waals surface area (Å²) in [6, 6.07) is 0. The molecule has 1 aliphatic rings. The maximum atomic E-state index is 11.3. The molecule has 0 aliphatic carbocycles. The molecule has 0 unspecified atom stereocenters. The van der Waals surface area contributed by atoms with Crippen molar-refractivity contribution in [3.05, 3.63) is 11.6 Å². The van der Waals surface area contributed by atoms with Gasteiger partial charge in [-0.2, -0.15) is 0 Å². The number of methoxy groups -OCH3 is 1. The molecule has 2 rings (SSSR count). The molecule has 1 aliphatic heterocycles. The van der Waals surface area contributed by atoms with Crippen molar-refractivity contribution >= 4 is 5.97 Å². The van der Waals surface area contributed by atoms with Crippen LogP contribution in [0.1, 0.15) is 18.1 Å². The Labute approximate surface area is 82.1 Å². The van der Waals surface area contributed by atoms with Gasteiger partial charge in [0.2, 0.25) is 0 Å². The second-order valence-corrected chi connectivity index (χ2v) is 3.53. The third-order valence-corrected chi connectivity index (χ3v) is 2.68. The van der Waals surface area contributed by atoms with Gasteiger partial charge in [0.25, 0.3) is 0 Å². The van der Waals surface area contributed by atoms with E-state index in [0.717, 1.165) is 24.6 Å². The summed E-state index contributed by atoms with van der Waals surface area (Å²) >= 11 is 0. The molecule has 5 heteroatoms. The Balaban J connectivity index is 2.18. The first kappa shape index (κ1) is 9.18. The van der Waals surface area contributed by atoms with Crippen LogP contribution in [0.5, 0.6) is 0 Å². The number of fused-ring (bicyclic) bond motifs is 1. The van der Waals surface area contributed by atoms with Crippen molar-refractivity contribution in [1.82, 2.24) is 14.8 Å². The molecular formula is C9H13N3O2. The summed E-state index contributed by atoms with van der Waals surface area (Å²) in [7, 11) is 1.42. The zero-order chi connectivity index (χ0) is 10.1. The van der Waals surface area contributed by atoms with Crippen LogP contribution in [0.3, 0.4) is 0 Å². The SMILES string of the molecule is COC(=O)[C@H]1CCn2c(C)nnc2C1. The number of carbonyl (C=O) groups excluding carboxylic acids is 1. The van der Waals surface area contributed by atoms with E-state index in [1.807, 2.05) is 6.92 Å². The van der Waals surface area contributed by atoms with Crippen LogP contribution < -0.4 is 0 Å². The predicted molar refractivity (Wildman–Crippen MR) is 48.6 cm³/mol. The molecule has 76 valence electrons. The van der Waals surface area contributed by atoms with E-state index in [0.29, 0.717) is 6.42 Å². The third-order valence-electron chi connectivity index (χ3n) is 2.68. The fourth-order valence-electron chi connectivity index (χ4n) is 1.84. The number of rotatable bonds is 1. The first-order chi connectivity index (χ1) is 6.72. The van der Waals surface area contributed by atoms with Crippen LogP contribution in [0.2, 0.25) is 0 Å². The minimum absolute atomic E-state index is 0.0453. The van der Waals surface area contributed by atoms with Gasteiger partial charge in [0.1, 0.15) is 11.6 Å². The average molecular weight is 195 g/mol. The largest absolute Gasteiger partial charge is 0.469 e. The van der Waals surface area contributed by atoms with E-state index in [-0.39, 0.29) is 11.9 Å². The number of esters is 1. The van der Waals surface area contributed by atoms with Crippen LogP contribution in [0.25, 0.3) is 0 Å². The second kappa shape index (κ2) is 3.40. The lowest BCUT2D eigenvalue weighted by Crippen LogP contribution is -2.27. The molecule has 2 heterocycles. The Morgan fingerprint density at radius 2 is 2.36 bits per heavy atom. The molecule has 1 aromatic rings. The average Bonchev–Trinajstić information content (AvgIpc) is 2.59. The standard InChI is InChI=1S/C9H13N3O2/c1-6-10-11-8-5-7(9(13)14-2)3-4-12(6)8/h7H,3-5H2,1-2H3/t7-/m0/s1. The van der Waals surface area contributed by atoms with Gasteiger partial charge < -0.3 is 9.30 Å². The van der Waals surface area contributed by atoms with Crippen molar-refractivity contribution in [3.63, 3.8) is 0 Å². The zero-order valence-electron chi connectivity index (χ0n) is 8.36. The van der Waals surface area contributed by atoms with Crippen molar-refractivity contribution in [2.24, 2.45) is 5.92 Å². The number of aromatic nitrogens is 3. The molecule has 0 radical (unpaired) electrons. The lowest BCUT2D eigenvalue weighted by Gasteiger charge is -2.20. The van der Waals surface area contributed by atoms with Crippen molar-refractivity contribution in [2.45, 2.75) is 26.3 Å². The number of nitrogens with zero attached hydrogens (tertiary/aromatic N) is 3. The number of carbonyl (C=O) groups is 1. The maximum absolute atomic E-state index is 11.3. The van der Waals surface area contributed by atoms with Gasteiger partial charge >= 0.3 is 5.97 Å². The highest BCUT2D eigenvalue weighted by Gasteiger charge is 2.27. The first-order valence-electron chi connectivity index (χ1n) is 4.69. The minimum Gasteiger partial charge on any atom is -0.469 e. The van der Waals surface area contributed by atoms with Crippen molar-refractivity contribution in [2.75, 3.05) is 7.11 Å². The summed E-state index contributed by atoms with van der Waals surface area (Å²) in [5, 5.41) is 8.01. The molecule has 0 spiro atoms. The Hall–Kier alpha value is -1.39. The maximum Gasteiger partial charge on any atom is 0.309 e. The Morgan fingerprint density at radius 3 is 3.07 bits per heavy atom. The smallest absolute Gasteiger partial charge is 0.309 e. The summed E-state index contributed by atoms with van der Waals surface area (Å²) in [6.07, 6.45) is 1.46.